The number of pyridine rings is 1. The van der Waals surface area contributed by atoms with Gasteiger partial charge in [-0.1, -0.05) is 32.1 Å². The van der Waals surface area contributed by atoms with Crippen LogP contribution in [-0.2, 0) is 19.7 Å². The van der Waals surface area contributed by atoms with Gasteiger partial charge in [-0.05, 0) is 45.7 Å². The fraction of sp³-hybridized carbons (Fsp3) is 0.600. The van der Waals surface area contributed by atoms with E-state index in [1.54, 1.807) is 19.9 Å². The van der Waals surface area contributed by atoms with Crippen LogP contribution in [0.1, 0.15) is 86.6 Å². The highest BCUT2D eigenvalue weighted by Gasteiger charge is 2.48. The monoisotopic (exact) mass is 499 g/mol. The lowest BCUT2D eigenvalue weighted by Crippen LogP contribution is -2.46. The van der Waals surface area contributed by atoms with Crippen LogP contribution >= 0.6 is 11.3 Å². The van der Waals surface area contributed by atoms with Crippen molar-refractivity contribution in [2.45, 2.75) is 77.7 Å². The van der Waals surface area contributed by atoms with Gasteiger partial charge in [0.25, 0.3) is 5.91 Å². The molecule has 188 valence electrons. The first kappa shape index (κ1) is 25.2. The number of carbonyl (C=O) groups excluding carboxylic acids is 3. The number of rotatable bonds is 4. The molecule has 2 aromatic heterocycles. The number of hydrogen-bond acceptors (Lipinski definition) is 8. The maximum absolute atomic E-state index is 13.2. The van der Waals surface area contributed by atoms with E-state index in [1.807, 2.05) is 17.9 Å². The standard InChI is InChI=1S/C25H33N5O4S/c1-14-7-8-16(20(32)27-23-29-28-22(35-23)24(2,3)4)19(26-14)15-9-11-30(12-10-15)21(33)17-13-18(31)34-25(17,5)6/h7-8,15,17H,9-13H2,1-6H3,(H,27,29,32). The first-order valence-corrected chi connectivity index (χ1v) is 12.8. The Labute approximate surface area is 209 Å². The number of nitrogens with zero attached hydrogens (tertiary/aromatic N) is 4. The van der Waals surface area contributed by atoms with Crippen LogP contribution in [0.25, 0.3) is 0 Å². The number of nitrogens with one attached hydrogen (secondary N) is 1. The third-order valence-corrected chi connectivity index (χ3v) is 7.94. The summed E-state index contributed by atoms with van der Waals surface area (Å²) >= 11 is 1.37. The topological polar surface area (TPSA) is 114 Å². The quantitative estimate of drug-likeness (QED) is 0.636. The van der Waals surface area contributed by atoms with Crippen molar-refractivity contribution in [3.05, 3.63) is 34.1 Å². The van der Waals surface area contributed by atoms with E-state index in [2.05, 4.69) is 36.3 Å². The molecule has 35 heavy (non-hydrogen) atoms. The van der Waals surface area contributed by atoms with Crippen LogP contribution in [0, 0.1) is 12.8 Å². The zero-order valence-corrected chi connectivity index (χ0v) is 22.0. The number of hydrogen-bond donors (Lipinski definition) is 1. The number of likely N-dealkylation sites (tertiary alicyclic amines) is 1. The first-order chi connectivity index (χ1) is 16.3. The minimum atomic E-state index is -0.786. The van der Waals surface area contributed by atoms with Gasteiger partial charge in [0.1, 0.15) is 10.6 Å². The molecule has 0 spiro atoms. The van der Waals surface area contributed by atoms with Gasteiger partial charge in [-0.3, -0.25) is 24.7 Å². The third-order valence-electron chi connectivity index (χ3n) is 6.67. The second-order valence-electron chi connectivity index (χ2n) is 10.9. The molecule has 10 heteroatoms. The van der Waals surface area contributed by atoms with E-state index >= 15 is 0 Å². The molecule has 1 atom stereocenters. The average molecular weight is 500 g/mol. The summed E-state index contributed by atoms with van der Waals surface area (Å²) in [6.45, 7) is 12.7. The summed E-state index contributed by atoms with van der Waals surface area (Å²) in [4.78, 5) is 44.6. The molecule has 2 amide bonds. The molecule has 2 aliphatic rings. The van der Waals surface area contributed by atoms with Gasteiger partial charge in [-0.2, -0.15) is 0 Å². The van der Waals surface area contributed by atoms with Crippen molar-refractivity contribution in [1.82, 2.24) is 20.1 Å². The highest BCUT2D eigenvalue weighted by atomic mass is 32.1. The fourth-order valence-corrected chi connectivity index (χ4v) is 5.41. The van der Waals surface area contributed by atoms with Gasteiger partial charge in [0.15, 0.2) is 0 Å². The maximum atomic E-state index is 13.2. The van der Waals surface area contributed by atoms with E-state index in [9.17, 15) is 14.4 Å². The summed E-state index contributed by atoms with van der Waals surface area (Å²) in [5.74, 6) is -1.04. The molecule has 0 bridgehead atoms. The van der Waals surface area contributed by atoms with Gasteiger partial charge in [0.2, 0.25) is 11.0 Å². The molecule has 0 aromatic carbocycles. The van der Waals surface area contributed by atoms with Gasteiger partial charge in [-0.25, -0.2) is 0 Å². The van der Waals surface area contributed by atoms with Crippen molar-refractivity contribution in [3.63, 3.8) is 0 Å². The van der Waals surface area contributed by atoms with Crippen LogP contribution in [-0.4, -0.2) is 56.6 Å². The molecular weight excluding hydrogens is 466 g/mol. The average Bonchev–Trinajstić information content (AvgIpc) is 3.36. The number of carbonyl (C=O) groups is 3. The Balaban J connectivity index is 1.46. The highest BCUT2D eigenvalue weighted by molar-refractivity contribution is 7.15. The number of cyclic esters (lactones) is 1. The van der Waals surface area contributed by atoms with Crippen LogP contribution in [0.3, 0.4) is 0 Å². The smallest absolute Gasteiger partial charge is 0.307 e. The second kappa shape index (κ2) is 9.29. The van der Waals surface area contributed by atoms with Crippen molar-refractivity contribution < 1.29 is 19.1 Å². The number of amides is 2. The summed E-state index contributed by atoms with van der Waals surface area (Å²) in [6.07, 6.45) is 1.51. The molecule has 2 aliphatic heterocycles. The van der Waals surface area contributed by atoms with Gasteiger partial charge in [0, 0.05) is 30.1 Å². The summed E-state index contributed by atoms with van der Waals surface area (Å²) in [6, 6.07) is 3.64. The predicted octanol–water partition coefficient (Wildman–Crippen LogP) is 3.84. The van der Waals surface area contributed by atoms with E-state index in [0.29, 0.717) is 36.6 Å². The molecule has 4 heterocycles. The molecule has 9 nitrogen and oxygen atoms in total. The largest absolute Gasteiger partial charge is 0.459 e. The van der Waals surface area contributed by atoms with Crippen LogP contribution in [0.4, 0.5) is 5.13 Å². The van der Waals surface area contributed by atoms with Crippen molar-refractivity contribution in [1.29, 1.82) is 0 Å². The van der Waals surface area contributed by atoms with Crippen LogP contribution < -0.4 is 5.32 Å². The molecule has 0 saturated carbocycles. The summed E-state index contributed by atoms with van der Waals surface area (Å²) in [5.41, 5.74) is 1.17. The number of piperidine rings is 1. The minimum Gasteiger partial charge on any atom is -0.459 e. The molecule has 2 saturated heterocycles. The van der Waals surface area contributed by atoms with Crippen molar-refractivity contribution >= 4 is 34.3 Å². The number of aromatic nitrogens is 3. The molecular formula is C25H33N5O4S. The van der Waals surface area contributed by atoms with Crippen LogP contribution in [0.15, 0.2) is 12.1 Å². The number of anilines is 1. The van der Waals surface area contributed by atoms with E-state index in [4.69, 9.17) is 9.72 Å². The van der Waals surface area contributed by atoms with Crippen molar-refractivity contribution in [3.8, 4) is 0 Å². The summed E-state index contributed by atoms with van der Waals surface area (Å²) in [5, 5.41) is 12.5. The lowest BCUT2D eigenvalue weighted by Gasteiger charge is -2.35. The normalized spacial score (nSPS) is 20.6. The van der Waals surface area contributed by atoms with Gasteiger partial charge in [0.05, 0.1) is 23.6 Å². The van der Waals surface area contributed by atoms with Crippen molar-refractivity contribution in [2.75, 3.05) is 18.4 Å². The SMILES string of the molecule is Cc1ccc(C(=O)Nc2nnc(C(C)(C)C)s2)c(C2CCN(C(=O)C3CC(=O)OC3(C)C)CC2)n1. The molecule has 1 unspecified atom stereocenters. The zero-order chi connectivity index (χ0) is 25.5. The van der Waals surface area contributed by atoms with E-state index < -0.39 is 11.5 Å². The first-order valence-electron chi connectivity index (χ1n) is 12.0. The number of esters is 1. The number of ether oxygens (including phenoxy) is 1. The van der Waals surface area contributed by atoms with Crippen molar-refractivity contribution in [2.24, 2.45) is 5.92 Å². The Morgan fingerprint density at radius 2 is 1.86 bits per heavy atom. The molecule has 0 aliphatic carbocycles. The lowest BCUT2D eigenvalue weighted by molar-refractivity contribution is -0.149. The van der Waals surface area contributed by atoms with E-state index in [0.717, 1.165) is 16.4 Å². The van der Waals surface area contributed by atoms with Crippen LogP contribution in [0.5, 0.6) is 0 Å². The van der Waals surface area contributed by atoms with Crippen LogP contribution in [0.2, 0.25) is 0 Å². The zero-order valence-electron chi connectivity index (χ0n) is 21.2. The predicted molar refractivity (Wildman–Crippen MR) is 132 cm³/mol. The van der Waals surface area contributed by atoms with E-state index in [-0.39, 0.29) is 35.5 Å². The second-order valence-corrected chi connectivity index (χ2v) is 11.9. The molecule has 2 aromatic rings. The molecule has 4 rings (SSSR count). The van der Waals surface area contributed by atoms with Gasteiger partial charge in [-0.15, -0.1) is 10.2 Å². The maximum Gasteiger partial charge on any atom is 0.307 e. The summed E-state index contributed by atoms with van der Waals surface area (Å²) in [7, 11) is 0. The third kappa shape index (κ3) is 5.37. The Morgan fingerprint density at radius 1 is 1.17 bits per heavy atom. The summed E-state index contributed by atoms with van der Waals surface area (Å²) < 4.78 is 5.34. The fourth-order valence-electron chi connectivity index (χ4n) is 4.62. The van der Waals surface area contributed by atoms with Gasteiger partial charge >= 0.3 is 5.97 Å². The Kier molecular flexibility index (Phi) is 6.70. The van der Waals surface area contributed by atoms with E-state index in [1.165, 1.54) is 11.3 Å². The Hall–Kier alpha value is -2.88. The minimum absolute atomic E-state index is 0.0413. The number of aryl methyl sites for hydroxylation is 1. The van der Waals surface area contributed by atoms with Gasteiger partial charge < -0.3 is 9.64 Å². The molecule has 2 fully saturated rings. The molecule has 0 radical (unpaired) electrons. The molecule has 1 N–H and O–H groups in total. The lowest BCUT2D eigenvalue weighted by atomic mass is 9.86. The Bertz CT molecular complexity index is 1140. The Morgan fingerprint density at radius 3 is 2.43 bits per heavy atom. The highest BCUT2D eigenvalue weighted by Crippen LogP contribution is 2.36.